The summed E-state index contributed by atoms with van der Waals surface area (Å²) in [7, 11) is 2.02. The van der Waals surface area contributed by atoms with Crippen molar-refractivity contribution in [1.82, 2.24) is 24.5 Å². The van der Waals surface area contributed by atoms with Crippen LogP contribution in [-0.4, -0.2) is 24.5 Å². The van der Waals surface area contributed by atoms with Gasteiger partial charge >= 0.3 is 0 Å². The molecule has 5 aromatic carbocycles. The Bertz CT molecular complexity index is 3500. The van der Waals surface area contributed by atoms with E-state index >= 15 is 0 Å². The standard InChI is InChI=1S/C61H44N6.Pt/c1-58(2,3)40-23-30-65-57(35-40)60(52-21-9-6-18-46(52)49-37-63-28-25-54(49)60)43-15-11-13-41(33-43)59(51-20-8-5-17-45(51)48-36-62-27-24-53(48)59)42-14-12-16-44(34-42)61(67-32-31-66(4)39-67)55-22-10-7-19-47(55)50-38-64-29-26-56(50)61;/h5-32,35-38H,1-4H3;/q-2;. The van der Waals surface area contributed by atoms with Crippen molar-refractivity contribution >= 4 is 0 Å². The minimum Gasteiger partial charge on any atom is -0.354 e. The largest absolute Gasteiger partial charge is 0.354 e. The molecule has 3 aliphatic rings. The fraction of sp³-hybridized carbons (Fsp3) is 0.131. The quantitative estimate of drug-likeness (QED) is 0.123. The van der Waals surface area contributed by atoms with Crippen molar-refractivity contribution in [1.29, 1.82) is 0 Å². The third kappa shape index (κ3) is 5.52. The number of pyridine rings is 4. The summed E-state index contributed by atoms with van der Waals surface area (Å²) in [5.74, 6) is 0. The normalized spacial score (nSPS) is 19.2. The molecular weight excluding hydrogens is 1010 g/mol. The first-order chi connectivity index (χ1) is 32.8. The predicted molar refractivity (Wildman–Crippen MR) is 260 cm³/mol. The Balaban J connectivity index is 0.00000480. The maximum Gasteiger partial charge on any atom is 0.204 e. The smallest absolute Gasteiger partial charge is 0.204 e. The van der Waals surface area contributed by atoms with Gasteiger partial charge in [-0.3, -0.25) is 19.9 Å². The molecule has 0 N–H and O–H groups in total. The second-order valence-corrected chi connectivity index (χ2v) is 19.1. The zero-order valence-corrected chi connectivity index (χ0v) is 40.2. The van der Waals surface area contributed by atoms with Crippen molar-refractivity contribution in [3.63, 3.8) is 0 Å². The van der Waals surface area contributed by atoms with E-state index in [1.807, 2.05) is 55.0 Å². The minimum atomic E-state index is -0.868. The van der Waals surface area contributed by atoms with Gasteiger partial charge in [-0.15, -0.1) is 22.3 Å². The van der Waals surface area contributed by atoms with Crippen LogP contribution in [0, 0.1) is 18.5 Å². The molecule has 330 valence electrons. The molecule has 0 aliphatic heterocycles. The van der Waals surface area contributed by atoms with Crippen LogP contribution in [0.3, 0.4) is 0 Å². The van der Waals surface area contributed by atoms with E-state index in [0.29, 0.717) is 0 Å². The third-order valence-electron chi connectivity index (χ3n) is 14.8. The summed E-state index contributed by atoms with van der Waals surface area (Å²) in [5, 5.41) is 0. The Morgan fingerprint density at radius 2 is 0.941 bits per heavy atom. The molecule has 3 aliphatic carbocycles. The number of aryl methyl sites for hydroxylation is 1. The number of nitrogens with zero attached hydrogens (tertiary/aromatic N) is 6. The van der Waals surface area contributed by atoms with Crippen molar-refractivity contribution in [2.75, 3.05) is 0 Å². The summed E-state index contributed by atoms with van der Waals surface area (Å²) in [4.78, 5) is 19.4. The van der Waals surface area contributed by atoms with Crippen molar-refractivity contribution in [2.24, 2.45) is 7.05 Å². The fourth-order valence-electron chi connectivity index (χ4n) is 12.0. The van der Waals surface area contributed by atoms with Gasteiger partial charge in [0.1, 0.15) is 5.54 Å². The number of hydrogen-bond donors (Lipinski definition) is 0. The van der Waals surface area contributed by atoms with Crippen molar-refractivity contribution in [3.8, 4) is 33.4 Å². The van der Waals surface area contributed by atoms with E-state index < -0.39 is 16.4 Å². The molecule has 5 heterocycles. The summed E-state index contributed by atoms with van der Waals surface area (Å²) in [6, 6.07) is 59.2. The predicted octanol–water partition coefficient (Wildman–Crippen LogP) is 11.1. The van der Waals surface area contributed by atoms with Gasteiger partial charge in [0, 0.05) is 97.7 Å². The maximum atomic E-state index is 5.32. The van der Waals surface area contributed by atoms with Gasteiger partial charge in [-0.05, 0) is 92.6 Å². The molecule has 68 heavy (non-hydrogen) atoms. The van der Waals surface area contributed by atoms with E-state index in [0.717, 1.165) is 94.7 Å². The van der Waals surface area contributed by atoms with E-state index in [4.69, 9.17) is 15.0 Å². The van der Waals surface area contributed by atoms with Crippen LogP contribution >= 0.6 is 0 Å². The van der Waals surface area contributed by atoms with E-state index in [1.54, 1.807) is 0 Å². The van der Waals surface area contributed by atoms with Gasteiger partial charge < -0.3 is 9.13 Å². The van der Waals surface area contributed by atoms with Gasteiger partial charge in [0.15, 0.2) is 0 Å². The number of imidazole rings is 1. The van der Waals surface area contributed by atoms with Gasteiger partial charge in [0.2, 0.25) is 6.33 Å². The summed E-state index contributed by atoms with van der Waals surface area (Å²) < 4.78 is 4.21. The Hall–Kier alpha value is -7.40. The molecule has 0 saturated carbocycles. The molecule has 10 aromatic rings. The summed E-state index contributed by atoms with van der Waals surface area (Å²) in [6.45, 7) is 6.80. The Labute approximate surface area is 411 Å². The maximum absolute atomic E-state index is 5.32. The van der Waals surface area contributed by atoms with Crippen LogP contribution in [-0.2, 0) is 49.9 Å². The summed E-state index contributed by atoms with van der Waals surface area (Å²) in [5.41, 5.74) is 17.2. The molecule has 0 bridgehead atoms. The Morgan fingerprint density at radius 1 is 0.485 bits per heavy atom. The van der Waals surface area contributed by atoms with Gasteiger partial charge in [0.25, 0.3) is 0 Å². The average Bonchev–Trinajstić information content (AvgIpc) is 4.11. The molecular formula is C61H44N6Pt-2. The molecule has 5 aromatic heterocycles. The molecule has 0 radical (unpaired) electrons. The number of rotatable bonds is 6. The molecule has 6 nitrogen and oxygen atoms in total. The molecule has 13 rings (SSSR count). The Morgan fingerprint density at radius 3 is 1.53 bits per heavy atom. The number of aromatic nitrogens is 6. The van der Waals surface area contributed by atoms with Gasteiger partial charge in [-0.2, -0.15) is 48.5 Å². The van der Waals surface area contributed by atoms with Crippen LogP contribution < -0.4 is 4.57 Å². The number of fused-ring (bicyclic) bond motifs is 9. The Kier molecular flexibility index (Phi) is 9.46. The molecule has 7 heteroatoms. The van der Waals surface area contributed by atoms with Gasteiger partial charge in [-0.25, -0.2) is 0 Å². The van der Waals surface area contributed by atoms with Crippen LogP contribution in [0.4, 0.5) is 0 Å². The van der Waals surface area contributed by atoms with Crippen LogP contribution in [0.15, 0.2) is 195 Å². The monoisotopic (exact) mass is 1060 g/mol. The molecule has 0 saturated heterocycles. The van der Waals surface area contributed by atoms with Gasteiger partial charge in [0.05, 0.1) is 18.2 Å². The molecule has 3 unspecified atom stereocenters. The van der Waals surface area contributed by atoms with Crippen molar-refractivity contribution in [3.05, 3.63) is 281 Å². The topological polar surface area (TPSA) is 60.4 Å². The molecule has 0 fully saturated rings. The minimum absolute atomic E-state index is 0. The van der Waals surface area contributed by atoms with E-state index in [-0.39, 0.29) is 26.5 Å². The third-order valence-corrected chi connectivity index (χ3v) is 14.8. The van der Waals surface area contributed by atoms with E-state index in [2.05, 4.69) is 201 Å². The van der Waals surface area contributed by atoms with Crippen LogP contribution in [0.1, 0.15) is 87.7 Å². The van der Waals surface area contributed by atoms with E-state index in [9.17, 15) is 0 Å². The zero-order valence-electron chi connectivity index (χ0n) is 38.0. The van der Waals surface area contributed by atoms with E-state index in [1.165, 1.54) is 5.56 Å². The molecule has 0 spiro atoms. The number of benzene rings is 5. The first-order valence-electron chi connectivity index (χ1n) is 22.9. The first-order valence-corrected chi connectivity index (χ1v) is 22.9. The molecule has 3 atom stereocenters. The number of hydrogen-bond acceptors (Lipinski definition) is 4. The summed E-state index contributed by atoms with van der Waals surface area (Å²) >= 11 is 0. The van der Waals surface area contributed by atoms with Crippen LogP contribution in [0.5, 0.6) is 0 Å². The fourth-order valence-corrected chi connectivity index (χ4v) is 12.0. The second-order valence-electron chi connectivity index (χ2n) is 19.1. The second kappa shape index (κ2) is 15.3. The first kappa shape index (κ1) is 42.0. The average molecular weight is 1060 g/mol. The van der Waals surface area contributed by atoms with Crippen LogP contribution in [0.25, 0.3) is 33.4 Å². The molecule has 0 amide bonds. The zero-order chi connectivity index (χ0) is 45.1. The van der Waals surface area contributed by atoms with Gasteiger partial charge in [-0.1, -0.05) is 93.6 Å². The van der Waals surface area contributed by atoms with Crippen LogP contribution in [0.2, 0.25) is 0 Å². The summed E-state index contributed by atoms with van der Waals surface area (Å²) in [6.07, 6.45) is 21.6. The van der Waals surface area contributed by atoms with Crippen molar-refractivity contribution in [2.45, 2.75) is 42.6 Å². The van der Waals surface area contributed by atoms with Crippen molar-refractivity contribution < 1.29 is 25.6 Å². The SMILES string of the molecule is C[n+]1[c-]n(C2(c3[c-]c(C4(c5[c-]c(C6(c7cc(C(C)(C)C)ccn7)c7ccccc7-c7cnccc76)ccc5)c5ccccc5-c5cnccc54)ccc3)c3ccccc3-c3cnccc32)cc1.[Pt].